The molecule has 2 rings (SSSR count). The highest BCUT2D eigenvalue weighted by atomic mass is 16.5. The molecule has 0 saturated heterocycles. The van der Waals surface area contributed by atoms with Crippen LogP contribution in [0.15, 0.2) is 35.5 Å². The van der Waals surface area contributed by atoms with E-state index in [9.17, 15) is 14.4 Å². The maximum atomic E-state index is 12.9. The molecular weight excluding hydrogens is 322 g/mol. The summed E-state index contributed by atoms with van der Waals surface area (Å²) in [5.41, 5.74) is 2.15. The number of nitrogens with zero attached hydrogens (tertiary/aromatic N) is 1. The Labute approximate surface area is 147 Å². The molecule has 1 aliphatic heterocycles. The Morgan fingerprint density at radius 2 is 1.76 bits per heavy atom. The molecule has 1 atom stereocenters. The van der Waals surface area contributed by atoms with Gasteiger partial charge in [0.15, 0.2) is 0 Å². The van der Waals surface area contributed by atoms with E-state index < -0.39 is 12.0 Å². The molecule has 2 N–H and O–H groups in total. The third-order valence-electron chi connectivity index (χ3n) is 4.22. The molecule has 1 heterocycles. The highest BCUT2D eigenvalue weighted by Gasteiger charge is 2.32. The topological polar surface area (TPSA) is 87.7 Å². The maximum absolute atomic E-state index is 12.9. The van der Waals surface area contributed by atoms with Crippen molar-refractivity contribution in [2.75, 3.05) is 20.2 Å². The Kier molecular flexibility index (Phi) is 5.80. The van der Waals surface area contributed by atoms with Gasteiger partial charge < -0.3 is 20.3 Å². The number of benzene rings is 1. The van der Waals surface area contributed by atoms with Gasteiger partial charge >= 0.3 is 12.0 Å². The van der Waals surface area contributed by atoms with Crippen molar-refractivity contribution in [2.24, 2.45) is 0 Å². The lowest BCUT2D eigenvalue weighted by Gasteiger charge is -2.31. The van der Waals surface area contributed by atoms with Crippen molar-refractivity contribution in [1.82, 2.24) is 15.5 Å². The van der Waals surface area contributed by atoms with Gasteiger partial charge in [0.05, 0.1) is 24.3 Å². The fraction of sp³-hybridized carbons (Fsp3) is 0.389. The standard InChI is InChI=1S/C18H23N3O4/c1-5-21(6-2)16(22)14-11(3)19-18(24)20-15(14)12-7-9-13(10-8-12)17(23)25-4/h7-10,15H,5-6H2,1-4H3,(H2,19,20,24)/t15-/m1/s1. The van der Waals surface area contributed by atoms with Crippen LogP contribution in [0.2, 0.25) is 0 Å². The van der Waals surface area contributed by atoms with Crippen LogP contribution in [0.25, 0.3) is 0 Å². The van der Waals surface area contributed by atoms with Crippen LogP contribution >= 0.6 is 0 Å². The summed E-state index contributed by atoms with van der Waals surface area (Å²) in [6, 6.07) is 5.72. The molecule has 7 heteroatoms. The molecule has 0 aliphatic carbocycles. The van der Waals surface area contributed by atoms with Crippen LogP contribution in [0.3, 0.4) is 0 Å². The molecule has 0 bridgehead atoms. The normalized spacial score (nSPS) is 16.8. The smallest absolute Gasteiger partial charge is 0.337 e. The second kappa shape index (κ2) is 7.83. The Hall–Kier alpha value is -2.83. The number of nitrogens with one attached hydrogen (secondary N) is 2. The van der Waals surface area contributed by atoms with Crippen LogP contribution < -0.4 is 10.6 Å². The summed E-state index contributed by atoms with van der Waals surface area (Å²) in [7, 11) is 1.32. The molecule has 0 aromatic heterocycles. The number of hydrogen-bond donors (Lipinski definition) is 2. The third kappa shape index (κ3) is 3.81. The van der Waals surface area contributed by atoms with Crippen molar-refractivity contribution in [2.45, 2.75) is 26.8 Å². The number of ether oxygens (including phenoxy) is 1. The minimum absolute atomic E-state index is 0.128. The molecule has 0 radical (unpaired) electrons. The SMILES string of the molecule is CCN(CC)C(=O)C1=C(C)NC(=O)N[C@@H]1c1ccc(C(=O)OC)cc1. The van der Waals surface area contributed by atoms with Gasteiger partial charge in [0.2, 0.25) is 0 Å². The average Bonchev–Trinajstić information content (AvgIpc) is 2.61. The predicted molar refractivity (Wildman–Crippen MR) is 92.8 cm³/mol. The summed E-state index contributed by atoms with van der Waals surface area (Å²) >= 11 is 0. The molecule has 1 aromatic carbocycles. The van der Waals surface area contributed by atoms with E-state index in [2.05, 4.69) is 15.4 Å². The molecule has 0 unspecified atom stereocenters. The Bertz CT molecular complexity index is 706. The number of carbonyl (C=O) groups excluding carboxylic acids is 3. The number of methoxy groups -OCH3 is 1. The second-order valence-corrected chi connectivity index (χ2v) is 5.66. The molecule has 134 valence electrons. The van der Waals surface area contributed by atoms with E-state index >= 15 is 0 Å². The third-order valence-corrected chi connectivity index (χ3v) is 4.22. The van der Waals surface area contributed by atoms with Crippen molar-refractivity contribution in [1.29, 1.82) is 0 Å². The van der Waals surface area contributed by atoms with E-state index in [0.29, 0.717) is 29.9 Å². The second-order valence-electron chi connectivity index (χ2n) is 5.66. The molecule has 1 aromatic rings. The van der Waals surface area contributed by atoms with Crippen LogP contribution in [0, 0.1) is 0 Å². The van der Waals surface area contributed by atoms with Crippen molar-refractivity contribution < 1.29 is 19.1 Å². The minimum Gasteiger partial charge on any atom is -0.465 e. The van der Waals surface area contributed by atoms with E-state index in [1.807, 2.05) is 13.8 Å². The summed E-state index contributed by atoms with van der Waals surface area (Å²) in [5, 5.41) is 5.45. The number of amides is 3. The summed E-state index contributed by atoms with van der Waals surface area (Å²) < 4.78 is 4.69. The largest absolute Gasteiger partial charge is 0.465 e. The number of carbonyl (C=O) groups is 3. The Balaban J connectivity index is 2.42. The fourth-order valence-electron chi connectivity index (χ4n) is 2.84. The summed E-state index contributed by atoms with van der Waals surface area (Å²) in [6.07, 6.45) is 0. The number of allylic oxidation sites excluding steroid dienone is 1. The minimum atomic E-state index is -0.575. The zero-order valence-corrected chi connectivity index (χ0v) is 14.9. The van der Waals surface area contributed by atoms with Crippen molar-refractivity contribution in [3.8, 4) is 0 Å². The van der Waals surface area contributed by atoms with Crippen LogP contribution in [0.1, 0.15) is 42.7 Å². The molecule has 0 saturated carbocycles. The molecular formula is C18H23N3O4. The lowest BCUT2D eigenvalue weighted by atomic mass is 9.93. The van der Waals surface area contributed by atoms with Gasteiger partial charge in [-0.05, 0) is 38.5 Å². The van der Waals surface area contributed by atoms with Crippen LogP contribution in [-0.2, 0) is 9.53 Å². The van der Waals surface area contributed by atoms with E-state index in [-0.39, 0.29) is 11.9 Å². The van der Waals surface area contributed by atoms with Gasteiger partial charge in [-0.1, -0.05) is 12.1 Å². The fourth-order valence-corrected chi connectivity index (χ4v) is 2.84. The lowest BCUT2D eigenvalue weighted by Crippen LogP contribution is -2.47. The van der Waals surface area contributed by atoms with Crippen molar-refractivity contribution >= 4 is 17.9 Å². The first kappa shape index (κ1) is 18.5. The van der Waals surface area contributed by atoms with Crippen molar-refractivity contribution in [3.05, 3.63) is 46.7 Å². The highest BCUT2D eigenvalue weighted by molar-refractivity contribution is 5.98. The summed E-state index contributed by atoms with van der Waals surface area (Å²) in [5.74, 6) is -0.566. The molecule has 7 nitrogen and oxygen atoms in total. The first-order valence-corrected chi connectivity index (χ1v) is 8.18. The predicted octanol–water partition coefficient (Wildman–Crippen LogP) is 1.97. The van der Waals surface area contributed by atoms with E-state index in [1.165, 1.54) is 7.11 Å². The zero-order chi connectivity index (χ0) is 18.6. The number of hydrogen-bond acceptors (Lipinski definition) is 4. The first-order valence-electron chi connectivity index (χ1n) is 8.18. The summed E-state index contributed by atoms with van der Waals surface area (Å²) in [6.45, 7) is 6.69. The molecule has 3 amide bonds. The quantitative estimate of drug-likeness (QED) is 0.799. The van der Waals surface area contributed by atoms with Crippen LogP contribution in [0.5, 0.6) is 0 Å². The number of urea groups is 1. The molecule has 0 spiro atoms. The molecule has 25 heavy (non-hydrogen) atoms. The van der Waals surface area contributed by atoms with Gasteiger partial charge in [-0.3, -0.25) is 4.79 Å². The Morgan fingerprint density at radius 3 is 2.28 bits per heavy atom. The number of rotatable bonds is 5. The molecule has 1 aliphatic rings. The van der Waals surface area contributed by atoms with E-state index in [4.69, 9.17) is 0 Å². The Morgan fingerprint density at radius 1 is 1.16 bits per heavy atom. The van der Waals surface area contributed by atoms with Gasteiger partial charge in [0.25, 0.3) is 5.91 Å². The monoisotopic (exact) mass is 345 g/mol. The highest BCUT2D eigenvalue weighted by Crippen LogP contribution is 2.28. The number of likely N-dealkylation sites (N-methyl/N-ethyl adjacent to an activating group) is 1. The lowest BCUT2D eigenvalue weighted by molar-refractivity contribution is -0.127. The number of esters is 1. The first-order chi connectivity index (χ1) is 11.9. The van der Waals surface area contributed by atoms with Gasteiger partial charge in [0, 0.05) is 18.8 Å². The van der Waals surface area contributed by atoms with Crippen molar-refractivity contribution in [3.63, 3.8) is 0 Å². The van der Waals surface area contributed by atoms with Crippen LogP contribution in [-0.4, -0.2) is 43.0 Å². The molecule has 0 fully saturated rings. The van der Waals surface area contributed by atoms with Crippen LogP contribution in [0.4, 0.5) is 4.79 Å². The van der Waals surface area contributed by atoms with Gasteiger partial charge in [-0.15, -0.1) is 0 Å². The maximum Gasteiger partial charge on any atom is 0.337 e. The summed E-state index contributed by atoms with van der Waals surface area (Å²) in [4.78, 5) is 38.1. The zero-order valence-electron chi connectivity index (χ0n) is 14.9. The van der Waals surface area contributed by atoms with E-state index in [0.717, 1.165) is 5.56 Å². The van der Waals surface area contributed by atoms with Gasteiger partial charge in [-0.25, -0.2) is 9.59 Å². The van der Waals surface area contributed by atoms with Gasteiger partial charge in [0.1, 0.15) is 0 Å². The van der Waals surface area contributed by atoms with E-state index in [1.54, 1.807) is 36.1 Å². The van der Waals surface area contributed by atoms with Gasteiger partial charge in [-0.2, -0.15) is 0 Å². The average molecular weight is 345 g/mol.